The number of nitrogens with one attached hydrogen (secondary N) is 1. The summed E-state index contributed by atoms with van der Waals surface area (Å²) in [6.07, 6.45) is -0.543. The number of rotatable bonds is 7. The molecule has 1 fully saturated rings. The largest absolute Gasteiger partial charge is 0.493 e. The van der Waals surface area contributed by atoms with Crippen LogP contribution in [-0.4, -0.2) is 68.8 Å². The van der Waals surface area contributed by atoms with Crippen molar-refractivity contribution < 1.29 is 33.4 Å². The Balaban J connectivity index is 1.48. The van der Waals surface area contributed by atoms with E-state index in [1.54, 1.807) is 41.5 Å². The smallest absolute Gasteiger partial charge is 0.437 e. The minimum Gasteiger partial charge on any atom is -0.493 e. The average molecular weight is 636 g/mol. The highest BCUT2D eigenvalue weighted by molar-refractivity contribution is 5.99. The van der Waals surface area contributed by atoms with Crippen LogP contribution in [0.15, 0.2) is 52.0 Å². The maximum Gasteiger partial charge on any atom is 0.437 e. The van der Waals surface area contributed by atoms with E-state index < -0.39 is 35.5 Å². The molecule has 2 atom stereocenters. The number of carbonyl (C=O) groups is 2. The van der Waals surface area contributed by atoms with Crippen LogP contribution in [0.5, 0.6) is 5.75 Å². The zero-order valence-corrected chi connectivity index (χ0v) is 27.9. The first kappa shape index (κ1) is 34.4. The molecule has 2 N–H and O–H groups in total. The molecule has 2 heterocycles. The third-order valence-electron chi connectivity index (χ3n) is 6.90. The van der Waals surface area contributed by atoms with Crippen LogP contribution >= 0.6 is 0 Å². The molecule has 46 heavy (non-hydrogen) atoms. The van der Waals surface area contributed by atoms with Gasteiger partial charge in [-0.05, 0) is 97.6 Å². The lowest BCUT2D eigenvalue weighted by molar-refractivity contribution is 0.0552. The number of likely N-dealkylation sites (tertiary alicyclic amines) is 1. The fourth-order valence-corrected chi connectivity index (χ4v) is 4.86. The van der Waals surface area contributed by atoms with Crippen molar-refractivity contribution in [2.75, 3.05) is 13.2 Å². The van der Waals surface area contributed by atoms with Gasteiger partial charge in [0.05, 0.1) is 12.7 Å². The van der Waals surface area contributed by atoms with Crippen molar-refractivity contribution in [2.45, 2.75) is 98.0 Å². The molecule has 248 valence electrons. The summed E-state index contributed by atoms with van der Waals surface area (Å²) >= 11 is 0. The van der Waals surface area contributed by atoms with Gasteiger partial charge in [-0.3, -0.25) is 5.32 Å². The number of carbonyl (C=O) groups excluding carboxylic acids is 2. The van der Waals surface area contributed by atoms with Crippen LogP contribution in [0.4, 0.5) is 9.59 Å². The van der Waals surface area contributed by atoms with Crippen molar-refractivity contribution in [3.8, 4) is 17.1 Å². The van der Waals surface area contributed by atoms with E-state index in [0.29, 0.717) is 12.4 Å². The van der Waals surface area contributed by atoms with E-state index in [1.807, 2.05) is 25.1 Å². The Labute approximate surface area is 270 Å². The minimum absolute atomic E-state index is 0.0366. The number of amides is 2. The number of guanidine groups is 1. The Morgan fingerprint density at radius 3 is 2.39 bits per heavy atom. The Morgan fingerprint density at radius 2 is 1.74 bits per heavy atom. The highest BCUT2D eigenvalue weighted by atomic mass is 16.6. The minimum atomic E-state index is -0.919. The number of alkyl carbamates (subject to hydrolysis) is 1. The van der Waals surface area contributed by atoms with Crippen LogP contribution in [0.25, 0.3) is 11.4 Å². The zero-order chi connectivity index (χ0) is 33.6. The standard InChI is InChI=1S/C34H45N5O7/c1-21-11-13-23(14-12-21)10-9-17-43-27-16-15-24(18-22(27)2)28-35-29(46-38-28)26-19-25(40)20-39(26)30(36-31(41)44-33(3,4)5)37-32(42)45-34(6,7)8/h11-16,18,25-26,40H,9-10,17,19-20H2,1-8H3,(H,36,37,41,42)/t25-,26+/m1/s1. The van der Waals surface area contributed by atoms with E-state index in [-0.39, 0.29) is 24.8 Å². The third-order valence-corrected chi connectivity index (χ3v) is 6.90. The molecule has 0 radical (unpaired) electrons. The number of hydrogen-bond donors (Lipinski definition) is 2. The van der Waals surface area contributed by atoms with Crippen molar-refractivity contribution in [2.24, 2.45) is 4.99 Å². The van der Waals surface area contributed by atoms with Gasteiger partial charge in [-0.15, -0.1) is 4.99 Å². The zero-order valence-electron chi connectivity index (χ0n) is 27.9. The van der Waals surface area contributed by atoms with E-state index in [1.165, 1.54) is 16.0 Å². The number of benzene rings is 2. The van der Waals surface area contributed by atoms with Gasteiger partial charge in [-0.25, -0.2) is 9.59 Å². The number of ether oxygens (including phenoxy) is 3. The summed E-state index contributed by atoms with van der Waals surface area (Å²) in [4.78, 5) is 35.5. The third kappa shape index (κ3) is 10.0. The van der Waals surface area contributed by atoms with Crippen LogP contribution in [0.1, 0.15) is 83.0 Å². The average Bonchev–Trinajstić information content (AvgIpc) is 3.57. The molecule has 0 saturated carbocycles. The number of nitrogens with zero attached hydrogens (tertiary/aromatic N) is 4. The Morgan fingerprint density at radius 1 is 1.04 bits per heavy atom. The molecule has 0 unspecified atom stereocenters. The van der Waals surface area contributed by atoms with Crippen molar-refractivity contribution in [3.63, 3.8) is 0 Å². The van der Waals surface area contributed by atoms with Gasteiger partial charge < -0.3 is 28.7 Å². The van der Waals surface area contributed by atoms with Crippen LogP contribution < -0.4 is 10.1 Å². The number of hydrogen-bond acceptors (Lipinski definition) is 9. The lowest BCUT2D eigenvalue weighted by atomic mass is 10.1. The maximum absolute atomic E-state index is 12.7. The predicted molar refractivity (Wildman–Crippen MR) is 173 cm³/mol. The van der Waals surface area contributed by atoms with E-state index in [9.17, 15) is 14.7 Å². The number of aliphatic hydroxyl groups excluding tert-OH is 1. The van der Waals surface area contributed by atoms with Gasteiger partial charge in [0.25, 0.3) is 0 Å². The first-order valence-electron chi connectivity index (χ1n) is 15.5. The number of aliphatic hydroxyl groups is 1. The summed E-state index contributed by atoms with van der Waals surface area (Å²) in [6, 6.07) is 13.5. The van der Waals surface area contributed by atoms with Crippen LogP contribution in [0.3, 0.4) is 0 Å². The molecule has 0 aliphatic carbocycles. The lowest BCUT2D eigenvalue weighted by Crippen LogP contribution is -2.46. The molecule has 3 aromatic rings. The molecule has 2 aromatic carbocycles. The Kier molecular flexibility index (Phi) is 10.7. The molecule has 12 nitrogen and oxygen atoms in total. The van der Waals surface area contributed by atoms with Gasteiger partial charge in [0, 0.05) is 18.5 Å². The van der Waals surface area contributed by atoms with E-state index in [2.05, 4.69) is 51.6 Å². The molecule has 1 aliphatic heterocycles. The van der Waals surface area contributed by atoms with E-state index in [0.717, 1.165) is 29.7 Å². The number of aliphatic imine (C=N–C) groups is 1. The molecule has 0 spiro atoms. The molecule has 0 bridgehead atoms. The number of β-amino-alcohol motifs (C(OH)–C–C–N with tert-alkyl or cyclic N) is 1. The summed E-state index contributed by atoms with van der Waals surface area (Å²) in [7, 11) is 0. The fourth-order valence-electron chi connectivity index (χ4n) is 4.86. The van der Waals surface area contributed by atoms with Gasteiger partial charge in [0.2, 0.25) is 17.7 Å². The van der Waals surface area contributed by atoms with Crippen molar-refractivity contribution >= 4 is 18.1 Å². The van der Waals surface area contributed by atoms with Gasteiger partial charge in [0.1, 0.15) is 23.0 Å². The van der Waals surface area contributed by atoms with Crippen LogP contribution in [0.2, 0.25) is 0 Å². The van der Waals surface area contributed by atoms with Crippen molar-refractivity contribution in [1.29, 1.82) is 0 Å². The lowest BCUT2D eigenvalue weighted by Gasteiger charge is -2.27. The van der Waals surface area contributed by atoms with Crippen molar-refractivity contribution in [1.82, 2.24) is 20.4 Å². The molecule has 4 rings (SSSR count). The first-order chi connectivity index (χ1) is 21.6. The van der Waals surface area contributed by atoms with Crippen molar-refractivity contribution in [3.05, 3.63) is 65.0 Å². The summed E-state index contributed by atoms with van der Waals surface area (Å²) in [6.45, 7) is 14.9. The summed E-state index contributed by atoms with van der Waals surface area (Å²) in [5.74, 6) is 1.14. The second kappa shape index (κ2) is 14.3. The molecular weight excluding hydrogens is 590 g/mol. The second-order valence-corrected chi connectivity index (χ2v) is 13.5. The van der Waals surface area contributed by atoms with Crippen LogP contribution in [0, 0.1) is 13.8 Å². The molecule has 1 aliphatic rings. The summed E-state index contributed by atoms with van der Waals surface area (Å²) < 4.78 is 22.4. The topological polar surface area (TPSA) is 149 Å². The molecular formula is C34H45N5O7. The molecule has 2 amide bonds. The van der Waals surface area contributed by atoms with Gasteiger partial charge in [0.15, 0.2) is 0 Å². The highest BCUT2D eigenvalue weighted by Gasteiger charge is 2.39. The quantitative estimate of drug-likeness (QED) is 0.172. The number of aromatic nitrogens is 2. The summed E-state index contributed by atoms with van der Waals surface area (Å²) in [5, 5.41) is 17.3. The Bertz CT molecular complexity index is 1540. The normalized spacial score (nSPS) is 17.2. The summed E-state index contributed by atoms with van der Waals surface area (Å²) in [5.41, 5.74) is 2.56. The second-order valence-electron chi connectivity index (χ2n) is 13.5. The van der Waals surface area contributed by atoms with E-state index >= 15 is 0 Å². The Hall–Kier alpha value is -4.45. The molecule has 12 heteroatoms. The first-order valence-corrected chi connectivity index (χ1v) is 15.5. The molecule has 1 saturated heterocycles. The van der Waals surface area contributed by atoms with Gasteiger partial charge in [-0.2, -0.15) is 4.98 Å². The van der Waals surface area contributed by atoms with Gasteiger partial charge >= 0.3 is 12.2 Å². The predicted octanol–water partition coefficient (Wildman–Crippen LogP) is 6.29. The molecule has 1 aromatic heterocycles. The number of aryl methyl sites for hydroxylation is 3. The van der Waals surface area contributed by atoms with Crippen LogP contribution in [-0.2, 0) is 15.9 Å². The highest BCUT2D eigenvalue weighted by Crippen LogP contribution is 2.33. The fraction of sp³-hybridized carbons (Fsp3) is 0.500. The monoisotopic (exact) mass is 635 g/mol. The maximum atomic E-state index is 12.7. The SMILES string of the molecule is Cc1ccc(CCCOc2ccc(-c3noc([C@@H]4C[C@@H](O)CN4C(=NC(=O)OC(C)(C)C)NC(=O)OC(C)(C)C)n3)cc2C)cc1. The van der Waals surface area contributed by atoms with Gasteiger partial charge in [-0.1, -0.05) is 35.0 Å². The van der Waals surface area contributed by atoms with E-state index in [4.69, 9.17) is 18.7 Å².